The second-order valence-electron chi connectivity index (χ2n) is 13.4. The Balaban J connectivity index is 1.25. The lowest BCUT2D eigenvalue weighted by Gasteiger charge is -2.43. The third kappa shape index (κ3) is 11.1. The first-order chi connectivity index (χ1) is 25.9. The van der Waals surface area contributed by atoms with Crippen LogP contribution >= 0.6 is 36.7 Å². The standard InChI is InChI=1S/C28H53N9O15S3/c1-48-25-21(47)19(45)15(41)9(52-25)5-34-27(54)36-23-17(43)11(31)13(39)7(50-23)3-32-28(55)37-24-20(46)18(44)14(40)8(51-24)4-33-26(53)35-22-16(42)10(30)12(38)6(2-29)49-22/h6-25,38-47H,2-5,29-31H2,1H3,(H2,32,37,55)(H2,33,35,53)(H2,34,36,54)/t6?,7?,8?,9?,10?,11?,12-,13+,14+,15+,16?,17?,18?,19?,20?,21?,22+,23+,24+,25-/m0/s1. The largest absolute Gasteiger partial charge is 0.389 e. The maximum Gasteiger partial charge on any atom is 0.186 e. The molecule has 4 saturated heterocycles. The minimum atomic E-state index is -1.70. The number of methoxy groups -OCH3 is 1. The number of hydrogen-bond acceptors (Lipinski definition) is 21. The smallest absolute Gasteiger partial charge is 0.186 e. The summed E-state index contributed by atoms with van der Waals surface area (Å²) in [4.78, 5) is 0. The van der Waals surface area contributed by atoms with Gasteiger partial charge in [0.15, 0.2) is 40.3 Å². The summed E-state index contributed by atoms with van der Waals surface area (Å²) in [6, 6.07) is -2.30. The van der Waals surface area contributed by atoms with Gasteiger partial charge in [0.25, 0.3) is 0 Å². The fourth-order valence-corrected chi connectivity index (χ4v) is 6.84. The molecule has 20 atom stereocenters. The highest BCUT2D eigenvalue weighted by Crippen LogP contribution is 2.23. The first-order valence-electron chi connectivity index (χ1n) is 17.2. The molecule has 4 fully saturated rings. The predicted octanol–water partition coefficient (Wildman–Crippen LogP) is -10.9. The third-order valence-corrected chi connectivity index (χ3v) is 10.4. The van der Waals surface area contributed by atoms with Gasteiger partial charge in [0, 0.05) is 33.3 Å². The van der Waals surface area contributed by atoms with E-state index in [1.165, 1.54) is 7.11 Å². The van der Waals surface area contributed by atoms with Gasteiger partial charge in [0.1, 0.15) is 67.1 Å². The predicted molar refractivity (Wildman–Crippen MR) is 198 cm³/mol. The second kappa shape index (κ2) is 20.4. The van der Waals surface area contributed by atoms with Crippen molar-refractivity contribution in [1.29, 1.82) is 0 Å². The van der Waals surface area contributed by atoms with E-state index in [-0.39, 0.29) is 41.5 Å². The lowest BCUT2D eigenvalue weighted by Crippen LogP contribution is -2.68. The average molecular weight is 852 g/mol. The molecule has 0 amide bonds. The Bertz CT molecular complexity index is 1290. The summed E-state index contributed by atoms with van der Waals surface area (Å²) in [5, 5.41) is 120. The van der Waals surface area contributed by atoms with Crippen molar-refractivity contribution >= 4 is 52.0 Å². The Hall–Kier alpha value is -1.65. The van der Waals surface area contributed by atoms with Crippen LogP contribution in [-0.4, -0.2) is 222 Å². The molecule has 24 nitrogen and oxygen atoms in total. The van der Waals surface area contributed by atoms with Gasteiger partial charge in [-0.1, -0.05) is 0 Å². The summed E-state index contributed by atoms with van der Waals surface area (Å²) in [5.41, 5.74) is 17.5. The number of thiocarbonyl (C=S) groups is 3. The van der Waals surface area contributed by atoms with Crippen LogP contribution in [0.25, 0.3) is 0 Å². The monoisotopic (exact) mass is 851 g/mol. The summed E-state index contributed by atoms with van der Waals surface area (Å²) in [5.74, 6) is 0. The molecule has 0 radical (unpaired) electrons. The van der Waals surface area contributed by atoms with Crippen molar-refractivity contribution in [2.75, 3.05) is 33.3 Å². The van der Waals surface area contributed by atoms with Crippen LogP contribution in [0.15, 0.2) is 0 Å². The molecule has 0 spiro atoms. The lowest BCUT2D eigenvalue weighted by molar-refractivity contribution is -0.288. The van der Waals surface area contributed by atoms with Gasteiger partial charge in [-0.15, -0.1) is 0 Å². The van der Waals surface area contributed by atoms with Crippen molar-refractivity contribution in [3.8, 4) is 0 Å². The van der Waals surface area contributed by atoms with E-state index in [9.17, 15) is 51.1 Å². The van der Waals surface area contributed by atoms with Crippen molar-refractivity contribution in [3.05, 3.63) is 0 Å². The van der Waals surface area contributed by atoms with Crippen LogP contribution in [0.4, 0.5) is 0 Å². The number of aliphatic hydroxyl groups is 10. The Morgan fingerprint density at radius 1 is 0.491 bits per heavy atom. The van der Waals surface area contributed by atoms with Crippen molar-refractivity contribution in [2.45, 2.75) is 123 Å². The molecular weight excluding hydrogens is 799 g/mol. The van der Waals surface area contributed by atoms with Gasteiger partial charge in [0.05, 0.1) is 30.4 Å². The molecule has 27 heteroatoms. The average Bonchev–Trinajstić information content (AvgIpc) is 3.16. The molecule has 4 aliphatic heterocycles. The number of ether oxygens (including phenoxy) is 5. The lowest BCUT2D eigenvalue weighted by atomic mass is 9.96. The number of aliphatic hydroxyl groups excluding tert-OH is 10. The maximum atomic E-state index is 10.7. The van der Waals surface area contributed by atoms with Crippen LogP contribution in [-0.2, 0) is 23.7 Å². The van der Waals surface area contributed by atoms with E-state index in [1.807, 2.05) is 0 Å². The van der Waals surface area contributed by atoms with Crippen molar-refractivity contribution < 1.29 is 74.7 Å². The highest BCUT2D eigenvalue weighted by molar-refractivity contribution is 7.80. The molecule has 0 aliphatic carbocycles. The minimum absolute atomic E-state index is 0.0712. The summed E-state index contributed by atoms with van der Waals surface area (Å²) >= 11 is 15.8. The Morgan fingerprint density at radius 2 is 0.836 bits per heavy atom. The molecule has 4 aliphatic rings. The molecule has 0 aromatic carbocycles. The van der Waals surface area contributed by atoms with E-state index in [2.05, 4.69) is 31.9 Å². The number of nitrogens with one attached hydrogen (secondary N) is 6. The molecule has 12 unspecified atom stereocenters. The van der Waals surface area contributed by atoms with Crippen LogP contribution in [0, 0.1) is 0 Å². The van der Waals surface area contributed by atoms with Gasteiger partial charge >= 0.3 is 0 Å². The van der Waals surface area contributed by atoms with E-state index >= 15 is 0 Å². The minimum Gasteiger partial charge on any atom is -0.389 e. The molecule has 0 aromatic rings. The van der Waals surface area contributed by atoms with Crippen molar-refractivity contribution in [3.63, 3.8) is 0 Å². The third-order valence-electron chi connectivity index (χ3n) is 9.66. The Kier molecular flexibility index (Phi) is 17.0. The molecule has 22 N–H and O–H groups in total. The normalized spacial score (nSPS) is 44.8. The van der Waals surface area contributed by atoms with Gasteiger partial charge in [-0.05, 0) is 36.7 Å². The summed E-state index contributed by atoms with van der Waals surface area (Å²) in [6.07, 6.45) is -24.1. The molecule has 0 bridgehead atoms. The van der Waals surface area contributed by atoms with E-state index in [4.69, 9.17) is 77.5 Å². The van der Waals surface area contributed by atoms with Crippen LogP contribution in [0.1, 0.15) is 0 Å². The first kappa shape index (κ1) is 46.0. The zero-order chi connectivity index (χ0) is 40.9. The topological polar surface area (TPSA) is 399 Å². The van der Waals surface area contributed by atoms with Crippen LogP contribution in [0.3, 0.4) is 0 Å². The number of rotatable bonds is 11. The Morgan fingerprint density at radius 3 is 1.25 bits per heavy atom. The highest BCUT2D eigenvalue weighted by Gasteiger charge is 2.47. The molecule has 4 heterocycles. The number of nitrogens with two attached hydrogens (primary N) is 3. The molecule has 318 valence electrons. The van der Waals surface area contributed by atoms with E-state index < -0.39 is 123 Å². The molecular formula is C28H53N9O15S3. The molecule has 55 heavy (non-hydrogen) atoms. The van der Waals surface area contributed by atoms with Gasteiger partial charge in [-0.25, -0.2) is 0 Å². The maximum absolute atomic E-state index is 10.7. The molecule has 0 aromatic heterocycles. The zero-order valence-corrected chi connectivity index (χ0v) is 31.8. The fraction of sp³-hybridized carbons (Fsp3) is 0.893. The van der Waals surface area contributed by atoms with Gasteiger partial charge in [-0.3, -0.25) is 0 Å². The zero-order valence-electron chi connectivity index (χ0n) is 29.3. The van der Waals surface area contributed by atoms with Crippen molar-refractivity contribution in [2.24, 2.45) is 17.2 Å². The SMILES string of the molecule is CO[C@H]1OC(CNC(=S)N[C@@H]2OC(CNC(=S)N[C@@H]3OC(CNC(=S)N[C@@H]4OC(CN)[C@H](O)C(N)C4O)[C@@H](O)C(O)C3O)[C@@H](O)C(N)C2O)[C@@H](O)C(O)C1O. The van der Waals surface area contributed by atoms with E-state index in [0.717, 1.165) is 0 Å². The summed E-state index contributed by atoms with van der Waals surface area (Å²) in [7, 11) is 1.25. The van der Waals surface area contributed by atoms with Crippen LogP contribution in [0.5, 0.6) is 0 Å². The first-order valence-corrected chi connectivity index (χ1v) is 18.4. The van der Waals surface area contributed by atoms with E-state index in [1.54, 1.807) is 0 Å². The number of hydrogen-bond donors (Lipinski definition) is 19. The summed E-state index contributed by atoms with van der Waals surface area (Å²) in [6.45, 7) is -0.652. The molecule has 0 saturated carbocycles. The highest BCUT2D eigenvalue weighted by atomic mass is 32.1. The summed E-state index contributed by atoms with van der Waals surface area (Å²) < 4.78 is 27.5. The van der Waals surface area contributed by atoms with Gasteiger partial charge in [0.2, 0.25) is 0 Å². The van der Waals surface area contributed by atoms with Gasteiger partial charge < -0.3 is 124 Å². The molecule has 4 rings (SSSR count). The van der Waals surface area contributed by atoms with Crippen LogP contribution < -0.4 is 49.1 Å². The van der Waals surface area contributed by atoms with Crippen molar-refractivity contribution in [1.82, 2.24) is 31.9 Å². The van der Waals surface area contributed by atoms with Crippen LogP contribution in [0.2, 0.25) is 0 Å². The second-order valence-corrected chi connectivity index (χ2v) is 14.6. The quantitative estimate of drug-likeness (QED) is 0.0858. The Labute approximate surface area is 330 Å². The van der Waals surface area contributed by atoms with E-state index in [0.29, 0.717) is 0 Å². The fourth-order valence-electron chi connectivity index (χ4n) is 6.24. The van der Waals surface area contributed by atoms with Gasteiger partial charge in [-0.2, -0.15) is 0 Å².